The number of nitrogen functional groups attached to an aromatic ring is 1. The molecule has 20 heavy (non-hydrogen) atoms. The van der Waals surface area contributed by atoms with E-state index in [1.165, 1.54) is 10.9 Å². The molecular formula is C13H18ClN5O. The summed E-state index contributed by atoms with van der Waals surface area (Å²) in [7, 11) is 0. The fraction of sp³-hybridized carbons (Fsp3) is 0.462. The summed E-state index contributed by atoms with van der Waals surface area (Å²) in [6.45, 7) is 2.87. The molecule has 0 spiro atoms. The maximum absolute atomic E-state index is 12.2. The number of carbonyl (C=O) groups excluding carboxylic acids is 1. The Morgan fingerprint density at radius 2 is 2.30 bits per heavy atom. The van der Waals surface area contributed by atoms with Crippen LogP contribution in [-0.4, -0.2) is 27.0 Å². The third-order valence-corrected chi connectivity index (χ3v) is 3.89. The molecule has 0 aliphatic heterocycles. The average molecular weight is 296 g/mol. The van der Waals surface area contributed by atoms with Gasteiger partial charge in [0.05, 0.1) is 0 Å². The third-order valence-electron chi connectivity index (χ3n) is 3.89. The highest BCUT2D eigenvalue weighted by Crippen LogP contribution is 2.39. The van der Waals surface area contributed by atoms with Gasteiger partial charge in [-0.1, -0.05) is 13.3 Å². The maximum Gasteiger partial charge on any atom is 0.258 e. The van der Waals surface area contributed by atoms with Gasteiger partial charge in [0, 0.05) is 18.9 Å². The van der Waals surface area contributed by atoms with Crippen molar-refractivity contribution in [3.05, 3.63) is 24.0 Å². The van der Waals surface area contributed by atoms with E-state index in [4.69, 9.17) is 5.73 Å². The monoisotopic (exact) mass is 295 g/mol. The summed E-state index contributed by atoms with van der Waals surface area (Å²) in [4.78, 5) is 16.4. The van der Waals surface area contributed by atoms with Crippen LogP contribution in [0.15, 0.2) is 18.5 Å². The third kappa shape index (κ3) is 2.43. The maximum atomic E-state index is 12.2. The van der Waals surface area contributed by atoms with Crippen molar-refractivity contribution in [3.8, 4) is 0 Å². The van der Waals surface area contributed by atoms with Gasteiger partial charge >= 0.3 is 0 Å². The SMILES string of the molecule is CC1(CNC(=O)c2c(N)nn3cccnc23)CCC1.Cl. The Morgan fingerprint density at radius 1 is 1.55 bits per heavy atom. The highest BCUT2D eigenvalue weighted by molar-refractivity contribution is 6.04. The predicted molar refractivity (Wildman–Crippen MR) is 78.9 cm³/mol. The lowest BCUT2D eigenvalue weighted by Gasteiger charge is -2.38. The number of rotatable bonds is 3. The first-order valence-electron chi connectivity index (χ1n) is 6.46. The van der Waals surface area contributed by atoms with Crippen LogP contribution in [0.3, 0.4) is 0 Å². The van der Waals surface area contributed by atoms with Crippen LogP contribution < -0.4 is 11.1 Å². The van der Waals surface area contributed by atoms with Gasteiger partial charge in [-0.25, -0.2) is 9.50 Å². The molecule has 2 heterocycles. The second-order valence-corrected chi connectivity index (χ2v) is 5.49. The Bertz CT molecular complexity index is 635. The van der Waals surface area contributed by atoms with Crippen molar-refractivity contribution in [2.75, 3.05) is 12.3 Å². The van der Waals surface area contributed by atoms with Crippen LogP contribution in [0.25, 0.3) is 5.65 Å². The first-order chi connectivity index (χ1) is 9.09. The molecule has 108 valence electrons. The Kier molecular flexibility index (Phi) is 3.85. The molecule has 1 aliphatic rings. The minimum Gasteiger partial charge on any atom is -0.381 e. The molecule has 3 rings (SSSR count). The van der Waals surface area contributed by atoms with E-state index in [0.29, 0.717) is 17.8 Å². The van der Waals surface area contributed by atoms with Crippen LogP contribution in [0, 0.1) is 5.41 Å². The zero-order chi connectivity index (χ0) is 13.5. The number of nitrogens with one attached hydrogen (secondary N) is 1. The number of hydrogen-bond donors (Lipinski definition) is 2. The largest absolute Gasteiger partial charge is 0.381 e. The van der Waals surface area contributed by atoms with Gasteiger partial charge in [-0.05, 0) is 24.3 Å². The second-order valence-electron chi connectivity index (χ2n) is 5.49. The van der Waals surface area contributed by atoms with Crippen LogP contribution in [0.1, 0.15) is 36.5 Å². The minimum absolute atomic E-state index is 0. The molecule has 0 radical (unpaired) electrons. The summed E-state index contributed by atoms with van der Waals surface area (Å²) in [5, 5.41) is 7.03. The molecule has 0 atom stereocenters. The summed E-state index contributed by atoms with van der Waals surface area (Å²) in [5.41, 5.74) is 6.91. The van der Waals surface area contributed by atoms with Gasteiger partial charge in [-0.15, -0.1) is 17.5 Å². The van der Waals surface area contributed by atoms with E-state index < -0.39 is 0 Å². The standard InChI is InChI=1S/C13H17N5O.ClH/c1-13(4-2-5-13)8-16-12(19)9-10(14)17-18-7-3-6-15-11(9)18;/h3,6-7H,2,4-5,8H2,1H3,(H2,14,17)(H,16,19);1H. The number of nitrogens with two attached hydrogens (primary N) is 1. The molecule has 1 amide bonds. The van der Waals surface area contributed by atoms with Crippen LogP contribution in [-0.2, 0) is 0 Å². The molecule has 0 bridgehead atoms. The number of fused-ring (bicyclic) bond motifs is 1. The molecule has 2 aromatic heterocycles. The van der Waals surface area contributed by atoms with E-state index >= 15 is 0 Å². The minimum atomic E-state index is -0.195. The van der Waals surface area contributed by atoms with Gasteiger partial charge in [0.2, 0.25) is 0 Å². The average Bonchev–Trinajstić information content (AvgIpc) is 2.69. The number of aromatic nitrogens is 3. The van der Waals surface area contributed by atoms with Crippen molar-refractivity contribution in [2.45, 2.75) is 26.2 Å². The van der Waals surface area contributed by atoms with E-state index in [2.05, 4.69) is 22.3 Å². The molecule has 0 unspecified atom stereocenters. The van der Waals surface area contributed by atoms with E-state index in [0.717, 1.165) is 12.8 Å². The Balaban J connectivity index is 0.00000147. The highest BCUT2D eigenvalue weighted by Gasteiger charge is 2.32. The second kappa shape index (κ2) is 5.28. The molecular weight excluding hydrogens is 278 g/mol. The van der Waals surface area contributed by atoms with Crippen molar-refractivity contribution in [2.24, 2.45) is 5.41 Å². The Labute approximate surface area is 123 Å². The molecule has 0 aromatic carbocycles. The van der Waals surface area contributed by atoms with Crippen molar-refractivity contribution in [3.63, 3.8) is 0 Å². The molecule has 3 N–H and O–H groups in total. The number of hydrogen-bond acceptors (Lipinski definition) is 4. The van der Waals surface area contributed by atoms with Gasteiger partial charge in [0.25, 0.3) is 5.91 Å². The van der Waals surface area contributed by atoms with Crippen molar-refractivity contribution in [1.82, 2.24) is 19.9 Å². The zero-order valence-corrected chi connectivity index (χ0v) is 12.1. The van der Waals surface area contributed by atoms with Crippen molar-refractivity contribution in [1.29, 1.82) is 0 Å². The normalized spacial score (nSPS) is 16.2. The number of amides is 1. The molecule has 0 saturated heterocycles. The van der Waals surface area contributed by atoms with Gasteiger partial charge < -0.3 is 11.1 Å². The van der Waals surface area contributed by atoms with Gasteiger partial charge in [0.1, 0.15) is 5.56 Å². The predicted octanol–water partition coefficient (Wildman–Crippen LogP) is 1.65. The number of nitrogens with zero attached hydrogens (tertiary/aromatic N) is 3. The molecule has 1 saturated carbocycles. The fourth-order valence-corrected chi connectivity index (χ4v) is 2.46. The Morgan fingerprint density at radius 3 is 2.95 bits per heavy atom. The summed E-state index contributed by atoms with van der Waals surface area (Å²) in [6.07, 6.45) is 6.92. The Hall–Kier alpha value is -1.82. The summed E-state index contributed by atoms with van der Waals surface area (Å²) in [6, 6.07) is 1.75. The molecule has 7 heteroatoms. The lowest BCUT2D eigenvalue weighted by Crippen LogP contribution is -2.40. The zero-order valence-electron chi connectivity index (χ0n) is 11.3. The van der Waals surface area contributed by atoms with Gasteiger partial charge in [0.15, 0.2) is 11.5 Å². The lowest BCUT2D eigenvalue weighted by molar-refractivity contribution is 0.0893. The molecule has 1 aliphatic carbocycles. The fourth-order valence-electron chi connectivity index (χ4n) is 2.46. The smallest absolute Gasteiger partial charge is 0.258 e. The van der Waals surface area contributed by atoms with Gasteiger partial charge in [-0.2, -0.15) is 0 Å². The summed E-state index contributed by atoms with van der Waals surface area (Å²) < 4.78 is 1.52. The van der Waals surface area contributed by atoms with E-state index in [9.17, 15) is 4.79 Å². The lowest BCUT2D eigenvalue weighted by atomic mass is 9.70. The highest BCUT2D eigenvalue weighted by atomic mass is 35.5. The molecule has 6 nitrogen and oxygen atoms in total. The summed E-state index contributed by atoms with van der Waals surface area (Å²) in [5.74, 6) is 0.0225. The van der Waals surface area contributed by atoms with E-state index in [1.54, 1.807) is 18.5 Å². The first-order valence-corrected chi connectivity index (χ1v) is 6.46. The van der Waals surface area contributed by atoms with Gasteiger partial charge in [-0.3, -0.25) is 4.79 Å². The van der Waals surface area contributed by atoms with E-state index in [-0.39, 0.29) is 29.5 Å². The number of anilines is 1. The number of carbonyl (C=O) groups is 1. The van der Waals surface area contributed by atoms with Crippen molar-refractivity contribution < 1.29 is 4.79 Å². The molecule has 2 aromatic rings. The van der Waals surface area contributed by atoms with E-state index in [1.807, 2.05) is 0 Å². The quantitative estimate of drug-likeness (QED) is 0.901. The van der Waals surface area contributed by atoms with Crippen LogP contribution >= 0.6 is 12.4 Å². The first kappa shape index (κ1) is 14.6. The topological polar surface area (TPSA) is 85.3 Å². The van der Waals surface area contributed by atoms with Crippen LogP contribution in [0.4, 0.5) is 5.82 Å². The van der Waals surface area contributed by atoms with Crippen molar-refractivity contribution >= 4 is 29.8 Å². The number of halogens is 1. The summed E-state index contributed by atoms with van der Waals surface area (Å²) >= 11 is 0. The van der Waals surface area contributed by atoms with Crippen LogP contribution in [0.2, 0.25) is 0 Å². The molecule has 1 fully saturated rings. The van der Waals surface area contributed by atoms with Crippen LogP contribution in [0.5, 0.6) is 0 Å².